The molecule has 1 aliphatic rings. The van der Waals surface area contributed by atoms with E-state index >= 15 is 0 Å². The molecule has 5 aromatic carbocycles. The van der Waals surface area contributed by atoms with Gasteiger partial charge in [-0.2, -0.15) is 0 Å². The lowest BCUT2D eigenvalue weighted by atomic mass is 9.84. The first-order valence-corrected chi connectivity index (χ1v) is 22.1. The molecule has 0 aliphatic heterocycles. The lowest BCUT2D eigenvalue weighted by molar-refractivity contribution is -0.171. The highest BCUT2D eigenvalue weighted by atomic mass is 16.6. The molecule has 2 heterocycles. The van der Waals surface area contributed by atoms with Crippen LogP contribution in [0.4, 0.5) is 11.4 Å². The van der Waals surface area contributed by atoms with E-state index in [-0.39, 0.29) is 31.3 Å². The lowest BCUT2D eigenvalue weighted by Crippen LogP contribution is -2.46. The molecule has 0 spiro atoms. The molecule has 7 aromatic rings. The number of nitrogens with one attached hydrogen (secondary N) is 2. The molecule has 6 N–H and O–H groups in total. The number of esters is 2. The smallest absolute Gasteiger partial charge is 0.350 e. The molecule has 2 aromatic heterocycles. The number of nitrogens with zero attached hydrogens (tertiary/aromatic N) is 2. The van der Waals surface area contributed by atoms with Gasteiger partial charge >= 0.3 is 11.9 Å². The van der Waals surface area contributed by atoms with Gasteiger partial charge in [-0.1, -0.05) is 67.1 Å². The molecule has 0 radical (unpaired) electrons. The second-order valence-corrected chi connectivity index (χ2v) is 16.7. The maximum absolute atomic E-state index is 14.3. The van der Waals surface area contributed by atoms with Crippen LogP contribution < -0.4 is 26.8 Å². The van der Waals surface area contributed by atoms with Crippen LogP contribution >= 0.6 is 0 Å². The van der Waals surface area contributed by atoms with Gasteiger partial charge in [0.05, 0.1) is 30.7 Å². The zero-order valence-corrected chi connectivity index (χ0v) is 36.7. The Labute approximate surface area is 382 Å². The zero-order chi connectivity index (χ0) is 46.0. The first-order chi connectivity index (χ1) is 32.1. The van der Waals surface area contributed by atoms with Gasteiger partial charge in [-0.15, -0.1) is 0 Å². The number of fused-ring (bicyclic) bond motifs is 2. The van der Waals surface area contributed by atoms with E-state index in [0.29, 0.717) is 64.9 Å². The number of nitrogens with two attached hydrogens (primary N) is 2. The molecule has 66 heavy (non-hydrogen) atoms. The molecule has 1 aliphatic carbocycles. The van der Waals surface area contributed by atoms with Crippen molar-refractivity contribution < 1.29 is 33.4 Å². The van der Waals surface area contributed by atoms with Crippen LogP contribution in [0.15, 0.2) is 146 Å². The zero-order valence-electron chi connectivity index (χ0n) is 36.7. The molecule has 8 rings (SSSR count). The Bertz CT molecular complexity index is 2860. The molecule has 1 fully saturated rings. The second kappa shape index (κ2) is 20.6. The Balaban J connectivity index is 0.972. The van der Waals surface area contributed by atoms with Crippen LogP contribution in [0, 0.1) is 0 Å². The second-order valence-electron chi connectivity index (χ2n) is 16.7. The number of hydrogen-bond acceptors (Lipinski definition) is 12. The number of ketones is 1. The Morgan fingerprint density at radius 1 is 0.712 bits per heavy atom. The molecule has 13 nitrogen and oxygen atoms in total. The summed E-state index contributed by atoms with van der Waals surface area (Å²) in [5.41, 5.74) is 16.0. The van der Waals surface area contributed by atoms with Gasteiger partial charge in [0.15, 0.2) is 0 Å². The maximum atomic E-state index is 14.3. The third-order valence-electron chi connectivity index (χ3n) is 12.2. The number of Topliss-reactive ketones (excluding diaryl/α,β-unsaturated/α-hetero) is 1. The molecule has 0 saturated heterocycles. The average molecular weight is 885 g/mol. The number of pyridine rings is 2. The van der Waals surface area contributed by atoms with E-state index in [0.717, 1.165) is 33.7 Å². The third kappa shape index (κ3) is 10.5. The van der Waals surface area contributed by atoms with Gasteiger partial charge in [-0.05, 0) is 119 Å². The van der Waals surface area contributed by atoms with E-state index < -0.39 is 35.5 Å². The summed E-state index contributed by atoms with van der Waals surface area (Å²) in [4.78, 5) is 63.8. The van der Waals surface area contributed by atoms with E-state index in [1.54, 1.807) is 62.2 Å². The molecule has 3 atom stereocenters. The van der Waals surface area contributed by atoms with Crippen molar-refractivity contribution in [2.45, 2.75) is 68.7 Å². The molecule has 1 amide bonds. The van der Waals surface area contributed by atoms with Crippen LogP contribution in [-0.4, -0.2) is 59.0 Å². The van der Waals surface area contributed by atoms with Gasteiger partial charge < -0.3 is 36.3 Å². The Kier molecular flexibility index (Phi) is 14.1. The molecular formula is C53H52N6O7. The number of carbonyl (C=O) groups is 4. The minimum Gasteiger partial charge on any atom is -0.497 e. The maximum Gasteiger partial charge on any atom is 0.350 e. The fourth-order valence-electron chi connectivity index (χ4n) is 8.64. The van der Waals surface area contributed by atoms with Crippen LogP contribution in [0.3, 0.4) is 0 Å². The Morgan fingerprint density at radius 2 is 1.35 bits per heavy atom. The summed E-state index contributed by atoms with van der Waals surface area (Å²) in [7, 11) is 1.54. The number of benzene rings is 5. The van der Waals surface area contributed by atoms with Gasteiger partial charge in [-0.3, -0.25) is 19.6 Å². The predicted octanol–water partition coefficient (Wildman–Crippen LogP) is 8.37. The highest BCUT2D eigenvalue weighted by Crippen LogP contribution is 2.35. The number of amides is 1. The van der Waals surface area contributed by atoms with Crippen LogP contribution in [0.5, 0.6) is 5.75 Å². The van der Waals surface area contributed by atoms with Crippen LogP contribution in [-0.2, 0) is 36.9 Å². The predicted molar refractivity (Wildman–Crippen MR) is 254 cm³/mol. The average Bonchev–Trinajstić information content (AvgIpc) is 3.34. The minimum absolute atomic E-state index is 0.0332. The van der Waals surface area contributed by atoms with Crippen molar-refractivity contribution in [3.63, 3.8) is 0 Å². The summed E-state index contributed by atoms with van der Waals surface area (Å²) in [5, 5.41) is 10.2. The Hall–Kier alpha value is -7.48. The van der Waals surface area contributed by atoms with Crippen molar-refractivity contribution in [3.8, 4) is 5.75 Å². The summed E-state index contributed by atoms with van der Waals surface area (Å²) in [5.74, 6) is -2.63. The summed E-state index contributed by atoms with van der Waals surface area (Å²) >= 11 is 0. The van der Waals surface area contributed by atoms with Crippen LogP contribution in [0.2, 0.25) is 0 Å². The first-order valence-electron chi connectivity index (χ1n) is 22.1. The van der Waals surface area contributed by atoms with Gasteiger partial charge in [0, 0.05) is 59.9 Å². The first kappa shape index (κ1) is 45.1. The fraction of sp³-hybridized carbons (Fsp3) is 0.245. The topological polar surface area (TPSA) is 198 Å². The molecule has 336 valence electrons. The Morgan fingerprint density at radius 3 is 2.03 bits per heavy atom. The van der Waals surface area contributed by atoms with Crippen molar-refractivity contribution in [2.24, 2.45) is 11.5 Å². The molecule has 3 unspecified atom stereocenters. The van der Waals surface area contributed by atoms with Crippen molar-refractivity contribution >= 4 is 56.5 Å². The normalized spacial score (nSPS) is 14.7. The SMILES string of the molecule is COc1ccc(C(=O)OC2(C(=O)OCc3cccc(C(CN)C(=O)Cc4cccc(C(C(=O)Nc5ccc6cnccc6c5)C(N)Nc5ccc6cnccc6c5)c4)c3)CCCCC2)cc1. The number of rotatable bonds is 17. The molecule has 1 saturated carbocycles. The molecule has 13 heteroatoms. The molecular weight excluding hydrogens is 833 g/mol. The number of ether oxygens (including phenoxy) is 3. The number of anilines is 2. The van der Waals surface area contributed by atoms with Gasteiger partial charge in [0.2, 0.25) is 11.5 Å². The highest BCUT2D eigenvalue weighted by Gasteiger charge is 2.45. The largest absolute Gasteiger partial charge is 0.497 e. The number of aromatic nitrogens is 2. The standard InChI is InChI=1S/C53H52N6O7/c1-64-45-17-13-36(14-18-45)51(62)66-53(21-3-2-4-22-53)52(63)65-33-35-8-6-9-39(26-35)46(30-54)47(60)27-34-7-5-10-40(25-34)48(49(55)58-43-15-11-41-31-56-23-19-37(41)28-43)50(61)59-44-16-12-42-32-57-24-20-38(42)29-44/h5-20,23-26,28-29,31-32,46,48-49,58H,2-4,21-22,27,30,33,54-55H2,1H3,(H,59,61). The summed E-state index contributed by atoms with van der Waals surface area (Å²) in [6.07, 6.45) is 9.20. The van der Waals surface area contributed by atoms with E-state index in [9.17, 15) is 19.2 Å². The van der Waals surface area contributed by atoms with E-state index in [2.05, 4.69) is 20.6 Å². The minimum atomic E-state index is -1.40. The summed E-state index contributed by atoms with van der Waals surface area (Å²) in [6, 6.07) is 36.3. The van der Waals surface area contributed by atoms with E-state index in [4.69, 9.17) is 25.7 Å². The fourth-order valence-corrected chi connectivity index (χ4v) is 8.64. The number of carbonyl (C=O) groups excluding carboxylic acids is 4. The van der Waals surface area contributed by atoms with Crippen LogP contribution in [0.25, 0.3) is 21.5 Å². The third-order valence-corrected chi connectivity index (χ3v) is 12.2. The summed E-state index contributed by atoms with van der Waals surface area (Å²) < 4.78 is 17.0. The number of hydrogen-bond donors (Lipinski definition) is 4. The van der Waals surface area contributed by atoms with Gasteiger partial charge in [0.25, 0.3) is 0 Å². The quantitative estimate of drug-likeness (QED) is 0.0504. The number of methoxy groups -OCH3 is 1. The van der Waals surface area contributed by atoms with Crippen LogP contribution in [0.1, 0.15) is 76.6 Å². The van der Waals surface area contributed by atoms with Gasteiger partial charge in [0.1, 0.15) is 18.1 Å². The van der Waals surface area contributed by atoms with Crippen molar-refractivity contribution in [1.82, 2.24) is 9.97 Å². The highest BCUT2D eigenvalue weighted by molar-refractivity contribution is 5.99. The monoisotopic (exact) mass is 884 g/mol. The van der Waals surface area contributed by atoms with E-state index in [1.807, 2.05) is 91.0 Å². The van der Waals surface area contributed by atoms with Crippen molar-refractivity contribution in [1.29, 1.82) is 0 Å². The van der Waals surface area contributed by atoms with E-state index in [1.165, 1.54) is 0 Å². The molecule has 0 bridgehead atoms. The summed E-state index contributed by atoms with van der Waals surface area (Å²) in [6.45, 7) is -0.0533. The van der Waals surface area contributed by atoms with Crippen molar-refractivity contribution in [2.75, 3.05) is 24.3 Å². The van der Waals surface area contributed by atoms with Gasteiger partial charge in [-0.25, -0.2) is 9.59 Å². The lowest BCUT2D eigenvalue weighted by Gasteiger charge is -2.34. The van der Waals surface area contributed by atoms with Crippen molar-refractivity contribution in [3.05, 3.63) is 174 Å².